The Hall–Kier alpha value is -13.9. The zero-order valence-electron chi connectivity index (χ0n) is 57.8. The molecule has 10 heteroatoms. The van der Waals surface area contributed by atoms with Gasteiger partial charge in [-0.25, -0.2) is 29.9 Å². The molecule has 8 nitrogen and oxygen atoms in total. The van der Waals surface area contributed by atoms with Gasteiger partial charge in [-0.3, -0.25) is 0 Å². The van der Waals surface area contributed by atoms with Gasteiger partial charge in [0.15, 0.2) is 34.9 Å². The van der Waals surface area contributed by atoms with Crippen LogP contribution in [0.2, 0.25) is 0 Å². The van der Waals surface area contributed by atoms with Crippen LogP contribution in [0.4, 0.5) is 0 Å². The van der Waals surface area contributed by atoms with Crippen molar-refractivity contribution < 1.29 is 8.83 Å². The lowest BCUT2D eigenvalue weighted by Gasteiger charge is -2.11. The van der Waals surface area contributed by atoms with Crippen molar-refractivity contribution in [2.24, 2.45) is 0 Å². The number of nitrogens with zero attached hydrogens (tertiary/aromatic N) is 6. The molecule has 108 heavy (non-hydrogen) atoms. The summed E-state index contributed by atoms with van der Waals surface area (Å²) in [5, 5.41) is 14.1. The molecular formula is C98H58N6O2S2. The second-order valence-electron chi connectivity index (χ2n) is 27.1. The third-order valence-electron chi connectivity index (χ3n) is 20.7. The van der Waals surface area contributed by atoms with Crippen molar-refractivity contribution in [3.63, 3.8) is 0 Å². The Bertz CT molecular complexity index is 7180. The Kier molecular flexibility index (Phi) is 15.1. The molecule has 22 aromatic rings. The fourth-order valence-corrected chi connectivity index (χ4v) is 18.1. The molecule has 0 aliphatic heterocycles. The highest BCUT2D eigenvalue weighted by Gasteiger charge is 2.24. The number of furan rings is 2. The molecule has 0 spiro atoms. The van der Waals surface area contributed by atoms with Gasteiger partial charge in [-0.2, -0.15) is 0 Å². The van der Waals surface area contributed by atoms with Crippen molar-refractivity contribution >= 4 is 128 Å². The quantitative estimate of drug-likeness (QED) is 0.133. The zero-order valence-corrected chi connectivity index (χ0v) is 59.4. The Morgan fingerprint density at radius 3 is 0.907 bits per heavy atom. The molecule has 6 aromatic heterocycles. The molecule has 0 N–H and O–H groups in total. The molecule has 0 fully saturated rings. The summed E-state index contributed by atoms with van der Waals surface area (Å²) in [4.78, 5) is 29.7. The molecule has 0 saturated carbocycles. The van der Waals surface area contributed by atoms with Gasteiger partial charge < -0.3 is 8.83 Å². The average molecular weight is 1420 g/mol. The van der Waals surface area contributed by atoms with E-state index >= 15 is 0 Å². The largest absolute Gasteiger partial charge is 0.455 e. The van der Waals surface area contributed by atoms with Crippen molar-refractivity contribution in [1.82, 2.24) is 29.9 Å². The SMILES string of the molecule is c1ccc(-c2nc(-c3ccccc3)nc(-c3ccc(-c4cccc5oc6c7ccccc7c(-c7cccc8c7sc7ccccc78)cc6c45)cc3)n2)cc1.c1ccc(-c2nc(-c3ccccc3)nc(-c3cccc(-c4cccc5oc6c7ccccc7c(-c7cccc8c7sc7ccccc78)cc6c45)c3)n2)cc1. The number of hydrogen-bond donors (Lipinski definition) is 0. The number of benzene rings is 16. The molecule has 504 valence electrons. The summed E-state index contributed by atoms with van der Waals surface area (Å²) in [5.74, 6) is 3.83. The number of thiophene rings is 2. The normalized spacial score (nSPS) is 11.7. The molecule has 6 heterocycles. The minimum absolute atomic E-state index is 0.624. The third-order valence-corrected chi connectivity index (χ3v) is 23.1. The van der Waals surface area contributed by atoms with Crippen LogP contribution in [0.3, 0.4) is 0 Å². The topological polar surface area (TPSA) is 104 Å². The summed E-state index contributed by atoms with van der Waals surface area (Å²) in [6, 6.07) is 123. The van der Waals surface area contributed by atoms with Gasteiger partial charge in [0, 0.05) is 117 Å². The zero-order chi connectivity index (χ0) is 71.2. The van der Waals surface area contributed by atoms with Crippen LogP contribution >= 0.6 is 22.7 Å². The lowest BCUT2D eigenvalue weighted by atomic mass is 9.92. The predicted molar refractivity (Wildman–Crippen MR) is 449 cm³/mol. The molecule has 0 radical (unpaired) electrons. The molecule has 0 unspecified atom stereocenters. The van der Waals surface area contributed by atoms with E-state index in [1.165, 1.54) is 73.4 Å². The Balaban J connectivity index is 0.000000138. The summed E-state index contributed by atoms with van der Waals surface area (Å²) >= 11 is 3.73. The van der Waals surface area contributed by atoms with Gasteiger partial charge in [-0.1, -0.05) is 309 Å². The van der Waals surface area contributed by atoms with E-state index in [2.05, 4.69) is 231 Å². The van der Waals surface area contributed by atoms with E-state index in [4.69, 9.17) is 38.7 Å². The van der Waals surface area contributed by atoms with Gasteiger partial charge in [0.2, 0.25) is 0 Å². The maximum absolute atomic E-state index is 6.77. The summed E-state index contributed by atoms with van der Waals surface area (Å²) in [7, 11) is 0. The minimum atomic E-state index is 0.624. The van der Waals surface area contributed by atoms with Crippen LogP contribution in [0.15, 0.2) is 361 Å². The van der Waals surface area contributed by atoms with Crippen LogP contribution in [0.25, 0.3) is 219 Å². The molecule has 22 rings (SSSR count). The van der Waals surface area contributed by atoms with Gasteiger partial charge >= 0.3 is 0 Å². The smallest absolute Gasteiger partial charge is 0.164 e. The van der Waals surface area contributed by atoms with Crippen molar-refractivity contribution in [1.29, 1.82) is 0 Å². The maximum atomic E-state index is 6.77. The maximum Gasteiger partial charge on any atom is 0.164 e. The number of hydrogen-bond acceptors (Lipinski definition) is 10. The van der Waals surface area contributed by atoms with Gasteiger partial charge in [0.1, 0.15) is 22.3 Å². The highest BCUT2D eigenvalue weighted by Crippen LogP contribution is 2.50. The van der Waals surface area contributed by atoms with Crippen LogP contribution in [0, 0.1) is 0 Å². The van der Waals surface area contributed by atoms with E-state index in [0.717, 1.165) is 110 Å². The van der Waals surface area contributed by atoms with E-state index < -0.39 is 0 Å². The summed E-state index contributed by atoms with van der Waals surface area (Å²) in [5.41, 5.74) is 18.4. The van der Waals surface area contributed by atoms with Gasteiger partial charge in [-0.15, -0.1) is 22.7 Å². The van der Waals surface area contributed by atoms with Gasteiger partial charge in [0.25, 0.3) is 0 Å². The monoisotopic (exact) mass is 1410 g/mol. The standard InChI is InChI=1S/2C49H29N3OS/c1-3-14-30(15-4-1)47-50-48(31-16-5-2-6-17-31)52-49(51-47)33-19-11-18-32(28-33)34-23-13-26-42-44(34)41-29-40(35-20-7-8-22-37(35)45(41)53-42)39-25-12-24-38-36-21-9-10-27-43(36)54-46(38)39;1-3-13-31(14-4-1)47-50-48(32-15-5-2-6-16-32)52-49(51-47)33-27-25-30(26-28-33)34-20-12-23-42-44(34)41-29-40(35-17-7-8-19-37(35)45(41)53-42)39-22-11-21-38-36-18-9-10-24-43(36)54-46(38)39/h2*1-29H. The molecule has 0 saturated heterocycles. The van der Waals surface area contributed by atoms with E-state index in [0.29, 0.717) is 34.9 Å². The van der Waals surface area contributed by atoms with Crippen LogP contribution in [-0.2, 0) is 0 Å². The van der Waals surface area contributed by atoms with Gasteiger partial charge in [-0.05, 0) is 86.6 Å². The third kappa shape index (κ3) is 10.8. The lowest BCUT2D eigenvalue weighted by molar-refractivity contribution is 0.672. The summed E-state index contributed by atoms with van der Waals surface area (Å²) in [6.45, 7) is 0. The average Bonchev–Trinajstić information content (AvgIpc) is 1.60. The summed E-state index contributed by atoms with van der Waals surface area (Å²) < 4.78 is 18.7. The molecule has 0 aliphatic carbocycles. The lowest BCUT2D eigenvalue weighted by Crippen LogP contribution is -2.00. The van der Waals surface area contributed by atoms with E-state index in [1.54, 1.807) is 0 Å². The first-order valence-electron chi connectivity index (χ1n) is 36.0. The van der Waals surface area contributed by atoms with Crippen molar-refractivity contribution in [2.45, 2.75) is 0 Å². The number of aromatic nitrogens is 6. The molecular weight excluding hydrogens is 1360 g/mol. The molecule has 0 atom stereocenters. The fraction of sp³-hybridized carbons (Fsp3) is 0. The van der Waals surface area contributed by atoms with E-state index in [1.807, 2.05) is 144 Å². The van der Waals surface area contributed by atoms with Crippen LogP contribution in [-0.4, -0.2) is 29.9 Å². The molecule has 16 aromatic carbocycles. The molecule has 0 bridgehead atoms. The summed E-state index contributed by atoms with van der Waals surface area (Å²) in [6.07, 6.45) is 0. The van der Waals surface area contributed by atoms with E-state index in [9.17, 15) is 0 Å². The number of fused-ring (bicyclic) bond motifs is 16. The van der Waals surface area contributed by atoms with Crippen molar-refractivity contribution in [3.8, 4) is 113 Å². The van der Waals surface area contributed by atoms with Crippen LogP contribution in [0.5, 0.6) is 0 Å². The second kappa shape index (κ2) is 26.1. The van der Waals surface area contributed by atoms with Crippen LogP contribution < -0.4 is 0 Å². The first-order valence-corrected chi connectivity index (χ1v) is 37.7. The Labute approximate surface area is 627 Å². The first kappa shape index (κ1) is 62.6. The molecule has 0 aliphatic rings. The highest BCUT2D eigenvalue weighted by atomic mass is 32.1. The van der Waals surface area contributed by atoms with Gasteiger partial charge in [0.05, 0.1) is 0 Å². The molecule has 0 amide bonds. The predicted octanol–water partition coefficient (Wildman–Crippen LogP) is 27.3. The Morgan fingerprint density at radius 2 is 0.481 bits per heavy atom. The van der Waals surface area contributed by atoms with E-state index in [-0.39, 0.29) is 0 Å². The number of rotatable bonds is 10. The fourth-order valence-electron chi connectivity index (χ4n) is 15.6. The second-order valence-corrected chi connectivity index (χ2v) is 29.2. The Morgan fingerprint density at radius 1 is 0.185 bits per heavy atom. The first-order chi connectivity index (χ1) is 53.5. The van der Waals surface area contributed by atoms with Crippen molar-refractivity contribution in [3.05, 3.63) is 352 Å². The minimum Gasteiger partial charge on any atom is -0.455 e. The van der Waals surface area contributed by atoms with Crippen LogP contribution in [0.1, 0.15) is 0 Å². The highest BCUT2D eigenvalue weighted by molar-refractivity contribution is 7.26. The van der Waals surface area contributed by atoms with Crippen molar-refractivity contribution in [2.75, 3.05) is 0 Å².